The Morgan fingerprint density at radius 1 is 1.15 bits per heavy atom. The van der Waals surface area contributed by atoms with Crippen LogP contribution in [-0.4, -0.2) is 75.3 Å². The van der Waals surface area contributed by atoms with Crippen molar-refractivity contribution in [2.24, 2.45) is 11.7 Å². The summed E-state index contributed by atoms with van der Waals surface area (Å²) in [5.74, 6) is -2.51. The Bertz CT molecular complexity index is 879. The molecule has 1 heterocycles. The van der Waals surface area contributed by atoms with Crippen molar-refractivity contribution in [2.45, 2.75) is 63.7 Å². The number of nitrogens with two attached hydrogens (primary N) is 1. The van der Waals surface area contributed by atoms with E-state index >= 15 is 0 Å². The highest BCUT2D eigenvalue weighted by Gasteiger charge is 2.37. The third-order valence-electron chi connectivity index (χ3n) is 5.69. The maximum Gasteiger partial charge on any atom is 0.326 e. The van der Waals surface area contributed by atoms with Gasteiger partial charge in [-0.1, -0.05) is 26.0 Å². The first-order valence-electron chi connectivity index (χ1n) is 11.3. The Labute approximate surface area is 204 Å². The lowest BCUT2D eigenvalue weighted by molar-refractivity contribution is -0.143. The fourth-order valence-corrected chi connectivity index (χ4v) is 4.18. The number of thiol groups is 1. The quantitative estimate of drug-likeness (QED) is 0.241. The molecule has 6 N–H and O–H groups in total. The van der Waals surface area contributed by atoms with Gasteiger partial charge in [0, 0.05) is 18.7 Å². The van der Waals surface area contributed by atoms with E-state index < -0.39 is 42.0 Å². The number of carbonyl (C=O) groups excluding carboxylic acids is 3. The molecule has 11 heteroatoms. The summed E-state index contributed by atoms with van der Waals surface area (Å²) >= 11 is 4.14. The molecule has 0 aliphatic carbocycles. The van der Waals surface area contributed by atoms with Crippen LogP contribution in [0.15, 0.2) is 24.3 Å². The number of hydrogen-bond acceptors (Lipinski definition) is 7. The van der Waals surface area contributed by atoms with Crippen LogP contribution in [0.3, 0.4) is 0 Å². The summed E-state index contributed by atoms with van der Waals surface area (Å²) in [6, 6.07) is 2.20. The molecule has 2 rings (SSSR count). The Hall–Kier alpha value is -2.79. The minimum absolute atomic E-state index is 0.00671. The number of amides is 3. The van der Waals surface area contributed by atoms with Gasteiger partial charge < -0.3 is 31.5 Å². The number of nitrogens with one attached hydrogen (secondary N) is 2. The van der Waals surface area contributed by atoms with Crippen molar-refractivity contribution < 1.29 is 29.4 Å². The molecule has 4 atom stereocenters. The number of nitrogens with zero attached hydrogens (tertiary/aromatic N) is 1. The molecule has 1 saturated heterocycles. The molecule has 34 heavy (non-hydrogen) atoms. The fourth-order valence-electron chi connectivity index (χ4n) is 3.93. The molecule has 0 radical (unpaired) electrons. The molecule has 0 saturated carbocycles. The predicted molar refractivity (Wildman–Crippen MR) is 129 cm³/mol. The number of phenolic OH excluding ortho intramolecular Hbond substituents is 1. The number of hydrogen-bond donors (Lipinski definition) is 6. The monoisotopic (exact) mass is 494 g/mol. The van der Waals surface area contributed by atoms with Crippen molar-refractivity contribution in [2.75, 3.05) is 12.3 Å². The molecule has 1 aliphatic heterocycles. The highest BCUT2D eigenvalue weighted by molar-refractivity contribution is 7.80. The molecule has 0 spiro atoms. The second-order valence-corrected chi connectivity index (χ2v) is 9.30. The van der Waals surface area contributed by atoms with Gasteiger partial charge in [0.25, 0.3) is 0 Å². The minimum Gasteiger partial charge on any atom is -0.508 e. The van der Waals surface area contributed by atoms with Crippen LogP contribution >= 0.6 is 12.6 Å². The van der Waals surface area contributed by atoms with Crippen LogP contribution in [0.4, 0.5) is 0 Å². The van der Waals surface area contributed by atoms with Gasteiger partial charge in [0.15, 0.2) is 0 Å². The summed E-state index contributed by atoms with van der Waals surface area (Å²) < 4.78 is 0. The van der Waals surface area contributed by atoms with Crippen LogP contribution < -0.4 is 16.4 Å². The van der Waals surface area contributed by atoms with Crippen molar-refractivity contribution >= 4 is 36.3 Å². The van der Waals surface area contributed by atoms with E-state index in [-0.39, 0.29) is 29.7 Å². The molecule has 1 aliphatic rings. The van der Waals surface area contributed by atoms with Gasteiger partial charge in [-0.15, -0.1) is 0 Å². The summed E-state index contributed by atoms with van der Waals surface area (Å²) in [6.45, 7) is 4.33. The molecule has 188 valence electrons. The van der Waals surface area contributed by atoms with E-state index in [1.165, 1.54) is 17.0 Å². The highest BCUT2D eigenvalue weighted by atomic mass is 32.1. The smallest absolute Gasteiger partial charge is 0.326 e. The zero-order valence-corrected chi connectivity index (χ0v) is 20.3. The van der Waals surface area contributed by atoms with Gasteiger partial charge in [0.1, 0.15) is 23.9 Å². The predicted octanol–water partition coefficient (Wildman–Crippen LogP) is 0.283. The molecule has 3 amide bonds. The summed E-state index contributed by atoms with van der Waals surface area (Å²) in [6.07, 6.45) is 1.59. The molecular formula is C23H34N4O6S. The summed E-state index contributed by atoms with van der Waals surface area (Å²) in [7, 11) is 0. The number of carboxylic acid groups (broad SMARTS) is 1. The van der Waals surface area contributed by atoms with Crippen LogP contribution in [0.1, 0.15) is 38.7 Å². The number of carboxylic acids is 1. The SMILES string of the molecule is CC(C)CC(N)C(=O)N1CCCC1C(=O)NC(CS)C(=O)NC(Cc1ccc(O)cc1)C(=O)O. The van der Waals surface area contributed by atoms with Gasteiger partial charge in [-0.3, -0.25) is 14.4 Å². The number of aliphatic carboxylic acids is 1. The van der Waals surface area contributed by atoms with E-state index in [1.807, 2.05) is 13.8 Å². The fraction of sp³-hybridized carbons (Fsp3) is 0.565. The van der Waals surface area contributed by atoms with Crippen molar-refractivity contribution in [1.82, 2.24) is 15.5 Å². The van der Waals surface area contributed by atoms with E-state index in [1.54, 1.807) is 12.1 Å². The highest BCUT2D eigenvalue weighted by Crippen LogP contribution is 2.20. The topological polar surface area (TPSA) is 162 Å². The maximum absolute atomic E-state index is 12.9. The number of likely N-dealkylation sites (tertiary alicyclic amines) is 1. The first kappa shape index (κ1) is 27.5. The summed E-state index contributed by atoms with van der Waals surface area (Å²) in [4.78, 5) is 51.6. The number of phenols is 1. The molecule has 10 nitrogen and oxygen atoms in total. The second-order valence-electron chi connectivity index (χ2n) is 8.94. The second kappa shape index (κ2) is 12.6. The summed E-state index contributed by atoms with van der Waals surface area (Å²) in [5.41, 5.74) is 6.63. The zero-order chi connectivity index (χ0) is 25.4. The number of aromatic hydroxyl groups is 1. The maximum atomic E-state index is 12.9. The Morgan fingerprint density at radius 3 is 2.35 bits per heavy atom. The lowest BCUT2D eigenvalue weighted by Gasteiger charge is -2.28. The first-order valence-corrected chi connectivity index (χ1v) is 11.9. The largest absolute Gasteiger partial charge is 0.508 e. The zero-order valence-electron chi connectivity index (χ0n) is 19.4. The third-order valence-corrected chi connectivity index (χ3v) is 6.05. The number of rotatable bonds is 11. The van der Waals surface area contributed by atoms with Crippen LogP contribution in [-0.2, 0) is 25.6 Å². The van der Waals surface area contributed by atoms with E-state index in [4.69, 9.17) is 5.73 Å². The van der Waals surface area contributed by atoms with Crippen LogP contribution in [0.5, 0.6) is 5.75 Å². The molecule has 0 bridgehead atoms. The van der Waals surface area contributed by atoms with Crippen LogP contribution in [0.25, 0.3) is 0 Å². The molecule has 1 fully saturated rings. The van der Waals surface area contributed by atoms with Gasteiger partial charge >= 0.3 is 5.97 Å². The Morgan fingerprint density at radius 2 is 1.79 bits per heavy atom. The van der Waals surface area contributed by atoms with Crippen molar-refractivity contribution in [3.8, 4) is 5.75 Å². The van der Waals surface area contributed by atoms with E-state index in [0.29, 0.717) is 31.4 Å². The normalized spacial score (nSPS) is 18.3. The first-order chi connectivity index (χ1) is 16.0. The number of benzene rings is 1. The molecular weight excluding hydrogens is 460 g/mol. The van der Waals surface area contributed by atoms with Crippen LogP contribution in [0, 0.1) is 5.92 Å². The van der Waals surface area contributed by atoms with Crippen molar-refractivity contribution in [3.63, 3.8) is 0 Å². The average molecular weight is 495 g/mol. The molecule has 4 unspecified atom stereocenters. The molecule has 1 aromatic carbocycles. The average Bonchev–Trinajstić information content (AvgIpc) is 3.27. The van der Waals surface area contributed by atoms with E-state index in [0.717, 1.165) is 0 Å². The Kier molecular flexibility index (Phi) is 10.2. The van der Waals surface area contributed by atoms with Crippen LogP contribution in [0.2, 0.25) is 0 Å². The van der Waals surface area contributed by atoms with E-state index in [2.05, 4.69) is 23.3 Å². The van der Waals surface area contributed by atoms with Gasteiger partial charge in [0.05, 0.1) is 6.04 Å². The van der Waals surface area contributed by atoms with E-state index in [9.17, 15) is 29.4 Å². The summed E-state index contributed by atoms with van der Waals surface area (Å²) in [5, 5.41) is 23.9. The van der Waals surface area contributed by atoms with Gasteiger partial charge in [-0.05, 0) is 42.9 Å². The minimum atomic E-state index is -1.24. The Balaban J connectivity index is 2.02. The van der Waals surface area contributed by atoms with Gasteiger partial charge in [-0.2, -0.15) is 12.6 Å². The number of carbonyl (C=O) groups is 4. The standard InChI is InChI=1S/C23H34N4O6S/c1-13(2)10-16(24)22(31)27-9-3-4-19(27)21(30)26-18(12-34)20(29)25-17(23(32)33)11-14-5-7-15(28)8-6-14/h5-8,13,16-19,28,34H,3-4,9-12,24H2,1-2H3,(H,25,29)(H,26,30)(H,32,33). The van der Waals surface area contributed by atoms with Gasteiger partial charge in [-0.25, -0.2) is 4.79 Å². The lowest BCUT2D eigenvalue weighted by atomic mass is 10.0. The van der Waals surface area contributed by atoms with Crippen molar-refractivity contribution in [1.29, 1.82) is 0 Å². The lowest BCUT2D eigenvalue weighted by Crippen LogP contribution is -2.57. The van der Waals surface area contributed by atoms with Gasteiger partial charge in [0.2, 0.25) is 17.7 Å². The third kappa shape index (κ3) is 7.63. The molecule has 1 aromatic rings. The van der Waals surface area contributed by atoms with Crippen molar-refractivity contribution in [3.05, 3.63) is 29.8 Å². The molecule has 0 aromatic heterocycles.